The van der Waals surface area contributed by atoms with Gasteiger partial charge in [-0.2, -0.15) is 5.10 Å². The lowest BCUT2D eigenvalue weighted by Gasteiger charge is -2.05. The van der Waals surface area contributed by atoms with Crippen molar-refractivity contribution in [2.75, 3.05) is 6.61 Å². The first-order chi connectivity index (χ1) is 11.7. The Morgan fingerprint density at radius 1 is 1.04 bits per heavy atom. The zero-order valence-corrected chi connectivity index (χ0v) is 14.9. The summed E-state index contributed by atoms with van der Waals surface area (Å²) >= 11 is 2.21. The van der Waals surface area contributed by atoms with E-state index in [0.717, 1.165) is 19.9 Å². The van der Waals surface area contributed by atoms with Crippen molar-refractivity contribution < 1.29 is 9.53 Å². The molecule has 3 rings (SSSR count). The molecule has 3 aromatic rings. The summed E-state index contributed by atoms with van der Waals surface area (Å²) in [6.07, 6.45) is 1.64. The number of halogens is 1. The van der Waals surface area contributed by atoms with Crippen molar-refractivity contribution in [3.8, 4) is 5.75 Å². The molecule has 0 saturated heterocycles. The first-order valence-corrected chi connectivity index (χ1v) is 8.48. The van der Waals surface area contributed by atoms with E-state index in [9.17, 15) is 4.79 Å². The maximum absolute atomic E-state index is 11.8. The predicted molar refractivity (Wildman–Crippen MR) is 104 cm³/mol. The van der Waals surface area contributed by atoms with Crippen molar-refractivity contribution in [3.63, 3.8) is 0 Å². The largest absolute Gasteiger partial charge is 0.484 e. The predicted octanol–water partition coefficient (Wildman–Crippen LogP) is 3.97. The smallest absolute Gasteiger partial charge is 0.277 e. The fourth-order valence-corrected chi connectivity index (χ4v) is 2.61. The van der Waals surface area contributed by atoms with Crippen LogP contribution in [0.3, 0.4) is 0 Å². The summed E-state index contributed by atoms with van der Waals surface area (Å²) < 4.78 is 6.52. The molecule has 1 amide bonds. The highest BCUT2D eigenvalue weighted by Gasteiger charge is 2.02. The number of nitrogens with zero attached hydrogens (tertiary/aromatic N) is 1. The van der Waals surface area contributed by atoms with Crippen molar-refractivity contribution in [1.82, 2.24) is 5.43 Å². The monoisotopic (exact) mass is 430 g/mol. The van der Waals surface area contributed by atoms with Gasteiger partial charge < -0.3 is 4.74 Å². The lowest BCUT2D eigenvalue weighted by molar-refractivity contribution is -0.123. The van der Waals surface area contributed by atoms with E-state index in [-0.39, 0.29) is 12.5 Å². The molecule has 0 aliphatic carbocycles. The minimum atomic E-state index is -0.301. The van der Waals surface area contributed by atoms with Gasteiger partial charge in [-0.05, 0) is 57.6 Å². The Kier molecular flexibility index (Phi) is 5.43. The molecule has 0 aliphatic heterocycles. The van der Waals surface area contributed by atoms with Gasteiger partial charge >= 0.3 is 0 Å². The maximum Gasteiger partial charge on any atom is 0.277 e. The molecular weight excluding hydrogens is 415 g/mol. The molecule has 0 saturated carbocycles. The molecule has 1 N–H and O–H groups in total. The standard InChI is InChI=1S/C19H15IN2O2/c20-16-8-10-17(11-9-16)24-13-19(23)22-21-12-15-6-3-5-14-4-1-2-7-18(14)15/h1-12H,13H2,(H,22,23)/b21-12+. The van der Waals surface area contributed by atoms with Crippen LogP contribution in [0.2, 0.25) is 0 Å². The summed E-state index contributed by atoms with van der Waals surface area (Å²) in [4.78, 5) is 11.8. The molecule has 0 bridgehead atoms. The minimum absolute atomic E-state index is 0.0759. The third kappa shape index (κ3) is 4.32. The zero-order chi connectivity index (χ0) is 16.8. The van der Waals surface area contributed by atoms with Crippen molar-refractivity contribution in [2.24, 2.45) is 5.10 Å². The Hall–Kier alpha value is -2.41. The lowest BCUT2D eigenvalue weighted by Crippen LogP contribution is -2.24. The quantitative estimate of drug-likeness (QED) is 0.379. The van der Waals surface area contributed by atoms with Crippen molar-refractivity contribution in [1.29, 1.82) is 0 Å². The third-order valence-corrected chi connectivity index (χ3v) is 4.12. The van der Waals surface area contributed by atoms with E-state index in [1.807, 2.05) is 66.7 Å². The number of benzene rings is 3. The van der Waals surface area contributed by atoms with Crippen LogP contribution in [0.25, 0.3) is 10.8 Å². The molecule has 0 unspecified atom stereocenters. The molecule has 0 fully saturated rings. The molecule has 0 atom stereocenters. The molecule has 4 nitrogen and oxygen atoms in total. The summed E-state index contributed by atoms with van der Waals surface area (Å²) in [5.41, 5.74) is 3.43. The van der Waals surface area contributed by atoms with E-state index < -0.39 is 0 Å². The average Bonchev–Trinajstić information content (AvgIpc) is 2.61. The van der Waals surface area contributed by atoms with Crippen LogP contribution in [-0.2, 0) is 4.79 Å². The van der Waals surface area contributed by atoms with Crippen LogP contribution in [0.15, 0.2) is 71.8 Å². The molecule has 0 radical (unpaired) electrons. The van der Waals surface area contributed by atoms with Gasteiger partial charge in [-0.25, -0.2) is 5.43 Å². The number of fused-ring (bicyclic) bond motifs is 1. The Labute approximate surface area is 153 Å². The van der Waals surface area contributed by atoms with Gasteiger partial charge in [0, 0.05) is 9.13 Å². The summed E-state index contributed by atoms with van der Waals surface area (Å²) in [5.74, 6) is 0.355. The summed E-state index contributed by atoms with van der Waals surface area (Å²) in [7, 11) is 0. The lowest BCUT2D eigenvalue weighted by atomic mass is 10.1. The number of hydrogen-bond donors (Lipinski definition) is 1. The SMILES string of the molecule is O=C(COc1ccc(I)cc1)N/N=C/c1cccc2ccccc12. The Morgan fingerprint density at radius 2 is 1.79 bits per heavy atom. The van der Waals surface area contributed by atoms with E-state index >= 15 is 0 Å². The number of carbonyl (C=O) groups excluding carboxylic acids is 1. The Bertz CT molecular complexity index is 871. The average molecular weight is 430 g/mol. The molecular formula is C19H15IN2O2. The fraction of sp³-hybridized carbons (Fsp3) is 0.0526. The second-order valence-corrected chi connectivity index (χ2v) is 6.35. The Morgan fingerprint density at radius 3 is 2.62 bits per heavy atom. The van der Waals surface area contributed by atoms with Crippen LogP contribution in [0, 0.1) is 3.57 Å². The molecule has 0 heterocycles. The highest BCUT2D eigenvalue weighted by atomic mass is 127. The molecule has 0 aromatic heterocycles. The fourth-order valence-electron chi connectivity index (χ4n) is 2.25. The normalized spacial score (nSPS) is 10.9. The summed E-state index contributed by atoms with van der Waals surface area (Å²) in [6.45, 7) is -0.0759. The first-order valence-electron chi connectivity index (χ1n) is 7.40. The van der Waals surface area contributed by atoms with Gasteiger partial charge in [0.1, 0.15) is 5.75 Å². The van der Waals surface area contributed by atoms with Crippen LogP contribution in [0.5, 0.6) is 5.75 Å². The number of amides is 1. The molecule has 0 spiro atoms. The molecule has 0 aliphatic rings. The van der Waals surface area contributed by atoms with Gasteiger partial charge in [0.2, 0.25) is 0 Å². The van der Waals surface area contributed by atoms with Crippen molar-refractivity contribution >= 4 is 45.5 Å². The number of hydrogen-bond acceptors (Lipinski definition) is 3. The third-order valence-electron chi connectivity index (χ3n) is 3.40. The van der Waals surface area contributed by atoms with Gasteiger partial charge in [-0.1, -0.05) is 42.5 Å². The number of nitrogens with one attached hydrogen (secondary N) is 1. The van der Waals surface area contributed by atoms with Gasteiger partial charge in [0.05, 0.1) is 6.21 Å². The molecule has 5 heteroatoms. The maximum atomic E-state index is 11.8. The number of hydrazone groups is 1. The highest BCUT2D eigenvalue weighted by Crippen LogP contribution is 2.16. The topological polar surface area (TPSA) is 50.7 Å². The Balaban J connectivity index is 1.57. The molecule has 3 aromatic carbocycles. The highest BCUT2D eigenvalue weighted by molar-refractivity contribution is 14.1. The van der Waals surface area contributed by atoms with Crippen molar-refractivity contribution in [2.45, 2.75) is 0 Å². The van der Waals surface area contributed by atoms with Gasteiger partial charge in [0.15, 0.2) is 6.61 Å². The second kappa shape index (κ2) is 7.92. The number of carbonyl (C=O) groups is 1. The van der Waals surface area contributed by atoms with E-state index in [0.29, 0.717) is 5.75 Å². The van der Waals surface area contributed by atoms with E-state index in [4.69, 9.17) is 4.74 Å². The van der Waals surface area contributed by atoms with E-state index in [1.165, 1.54) is 0 Å². The van der Waals surface area contributed by atoms with Gasteiger partial charge in [0.25, 0.3) is 5.91 Å². The van der Waals surface area contributed by atoms with Crippen molar-refractivity contribution in [3.05, 3.63) is 75.9 Å². The first kappa shape index (κ1) is 16.4. The zero-order valence-electron chi connectivity index (χ0n) is 12.8. The van der Waals surface area contributed by atoms with Crippen LogP contribution in [0.4, 0.5) is 0 Å². The van der Waals surface area contributed by atoms with Gasteiger partial charge in [-0.3, -0.25) is 4.79 Å². The number of ether oxygens (including phenoxy) is 1. The van der Waals surface area contributed by atoms with E-state index in [2.05, 4.69) is 33.1 Å². The van der Waals surface area contributed by atoms with Crippen LogP contribution in [0.1, 0.15) is 5.56 Å². The minimum Gasteiger partial charge on any atom is -0.484 e. The van der Waals surface area contributed by atoms with Crippen LogP contribution >= 0.6 is 22.6 Å². The second-order valence-electron chi connectivity index (χ2n) is 5.10. The van der Waals surface area contributed by atoms with Crippen LogP contribution in [-0.4, -0.2) is 18.7 Å². The molecule has 24 heavy (non-hydrogen) atoms. The van der Waals surface area contributed by atoms with E-state index in [1.54, 1.807) is 6.21 Å². The summed E-state index contributed by atoms with van der Waals surface area (Å²) in [6, 6.07) is 21.5. The summed E-state index contributed by atoms with van der Waals surface area (Å²) in [5, 5.41) is 6.24. The number of rotatable bonds is 5. The van der Waals surface area contributed by atoms with Gasteiger partial charge in [-0.15, -0.1) is 0 Å². The molecule has 120 valence electrons. The van der Waals surface area contributed by atoms with Crippen LogP contribution < -0.4 is 10.2 Å².